The number of methoxy groups -OCH3 is 1. The number of carbonyl (C=O) groups is 1. The molecule has 0 saturated heterocycles. The summed E-state index contributed by atoms with van der Waals surface area (Å²) in [6.07, 6.45) is 0.561. The second kappa shape index (κ2) is 6.25. The van der Waals surface area contributed by atoms with Crippen LogP contribution in [-0.2, 0) is 11.2 Å². The highest BCUT2D eigenvalue weighted by Gasteiger charge is 2.23. The predicted octanol–water partition coefficient (Wildman–Crippen LogP) is 3.87. The van der Waals surface area contributed by atoms with Gasteiger partial charge in [0.25, 0.3) is 0 Å². The van der Waals surface area contributed by atoms with Gasteiger partial charge in [-0.3, -0.25) is 4.57 Å². The van der Waals surface area contributed by atoms with Crippen molar-refractivity contribution in [3.8, 4) is 5.69 Å². The fraction of sp³-hybridized carbons (Fsp3) is 0.231. The van der Waals surface area contributed by atoms with Gasteiger partial charge in [-0.1, -0.05) is 30.1 Å². The van der Waals surface area contributed by atoms with Crippen molar-refractivity contribution in [3.63, 3.8) is 0 Å². The molecular weight excluding hydrogens is 381 g/mol. The Hall–Kier alpha value is -1.24. The summed E-state index contributed by atoms with van der Waals surface area (Å²) < 4.78 is 6.95. The highest BCUT2D eigenvalue weighted by molar-refractivity contribution is 9.10. The van der Waals surface area contributed by atoms with Crippen LogP contribution in [0.5, 0.6) is 0 Å². The van der Waals surface area contributed by atoms with E-state index in [1.807, 2.05) is 6.92 Å². The molecule has 0 atom stereocenters. The summed E-state index contributed by atoms with van der Waals surface area (Å²) in [6.45, 7) is 1.90. The van der Waals surface area contributed by atoms with Crippen LogP contribution in [0.3, 0.4) is 0 Å². The average molecular weight is 393 g/mol. The van der Waals surface area contributed by atoms with E-state index >= 15 is 0 Å². The maximum atomic E-state index is 11.7. The Morgan fingerprint density at radius 2 is 2.10 bits per heavy atom. The number of esters is 1. The molecule has 21 heavy (non-hydrogen) atoms. The molecule has 0 aliphatic heterocycles. The summed E-state index contributed by atoms with van der Waals surface area (Å²) in [6, 6.07) is 3.50. The summed E-state index contributed by atoms with van der Waals surface area (Å²) in [5, 5.41) is 0.685. The molecule has 8 heteroatoms. The third-order valence-corrected chi connectivity index (χ3v) is 4.69. The molecule has 1 heterocycles. The number of halogens is 3. The summed E-state index contributed by atoms with van der Waals surface area (Å²) in [5.74, 6) is 0.160. The molecule has 0 aliphatic rings. The molecule has 0 fully saturated rings. The van der Waals surface area contributed by atoms with Crippen molar-refractivity contribution in [3.05, 3.63) is 38.2 Å². The number of benzene rings is 1. The van der Waals surface area contributed by atoms with Gasteiger partial charge in [-0.15, -0.1) is 0 Å². The molecule has 0 amide bonds. The molecule has 0 radical (unpaired) electrons. The molecule has 0 unspecified atom stereocenters. The number of carbonyl (C=O) groups excluding carboxylic acids is 1. The van der Waals surface area contributed by atoms with Crippen LogP contribution in [0, 0.1) is 0 Å². The number of ether oxygens (including phenoxy) is 1. The highest BCUT2D eigenvalue weighted by Crippen LogP contribution is 2.36. The fourth-order valence-corrected chi connectivity index (χ4v) is 2.78. The van der Waals surface area contributed by atoms with E-state index in [-0.39, 0.29) is 11.5 Å². The molecule has 1 aromatic heterocycles. The van der Waals surface area contributed by atoms with Crippen molar-refractivity contribution in [2.45, 2.75) is 13.3 Å². The number of aryl methyl sites for hydroxylation is 1. The van der Waals surface area contributed by atoms with Gasteiger partial charge in [0, 0.05) is 10.9 Å². The largest absolute Gasteiger partial charge is 0.464 e. The Labute approximate surface area is 140 Å². The van der Waals surface area contributed by atoms with Gasteiger partial charge in [-0.2, -0.15) is 0 Å². The van der Waals surface area contributed by atoms with Gasteiger partial charge in [0.15, 0.2) is 5.69 Å². The Balaban J connectivity index is 2.72. The summed E-state index contributed by atoms with van der Waals surface area (Å²) >= 11 is 15.7. The second-order valence-corrected chi connectivity index (χ2v) is 5.75. The Kier molecular flexibility index (Phi) is 4.81. The fourth-order valence-electron chi connectivity index (χ4n) is 1.92. The van der Waals surface area contributed by atoms with Crippen molar-refractivity contribution in [2.75, 3.05) is 12.8 Å². The molecule has 5 nitrogen and oxygen atoms in total. The van der Waals surface area contributed by atoms with Gasteiger partial charge >= 0.3 is 5.97 Å². The topological polar surface area (TPSA) is 70.1 Å². The molecule has 0 saturated carbocycles. The number of hydrogen-bond donors (Lipinski definition) is 1. The van der Waals surface area contributed by atoms with E-state index in [9.17, 15) is 4.79 Å². The SMILES string of the molecule is CCc1nc(C(=O)OC)c(N)n1-c1ccc(Br)c(Cl)c1Cl. The number of anilines is 1. The molecule has 112 valence electrons. The minimum atomic E-state index is -0.597. The summed E-state index contributed by atoms with van der Waals surface area (Å²) in [4.78, 5) is 15.9. The number of hydrogen-bond acceptors (Lipinski definition) is 4. The van der Waals surface area contributed by atoms with Crippen LogP contribution in [0.1, 0.15) is 23.2 Å². The van der Waals surface area contributed by atoms with Crippen LogP contribution in [0.25, 0.3) is 5.69 Å². The third kappa shape index (κ3) is 2.75. The van der Waals surface area contributed by atoms with Crippen LogP contribution in [0.4, 0.5) is 5.82 Å². The van der Waals surface area contributed by atoms with Crippen LogP contribution in [0.15, 0.2) is 16.6 Å². The van der Waals surface area contributed by atoms with Gasteiger partial charge in [0.2, 0.25) is 0 Å². The third-order valence-electron chi connectivity index (χ3n) is 2.93. The standard InChI is InChI=1S/C13H12BrCl2N3O2/c1-3-8-18-11(13(20)21-2)12(17)19(8)7-5-4-6(14)9(15)10(7)16/h4-5H,3,17H2,1-2H3. The van der Waals surface area contributed by atoms with Gasteiger partial charge < -0.3 is 10.5 Å². The lowest BCUT2D eigenvalue weighted by Gasteiger charge is -2.12. The maximum absolute atomic E-state index is 11.7. The summed E-state index contributed by atoms with van der Waals surface area (Å²) in [5.41, 5.74) is 6.65. The first-order valence-electron chi connectivity index (χ1n) is 6.01. The number of imidazole rings is 1. The molecule has 2 N–H and O–H groups in total. The predicted molar refractivity (Wildman–Crippen MR) is 86.4 cm³/mol. The van der Waals surface area contributed by atoms with Crippen LogP contribution in [-0.4, -0.2) is 22.6 Å². The zero-order valence-electron chi connectivity index (χ0n) is 11.3. The second-order valence-electron chi connectivity index (χ2n) is 4.14. The normalized spacial score (nSPS) is 10.7. The van der Waals surface area contributed by atoms with Crippen molar-refractivity contribution in [2.24, 2.45) is 0 Å². The van der Waals surface area contributed by atoms with Crippen LogP contribution < -0.4 is 5.73 Å². The van der Waals surface area contributed by atoms with Crippen molar-refractivity contribution < 1.29 is 9.53 Å². The van der Waals surface area contributed by atoms with Gasteiger partial charge in [-0.25, -0.2) is 9.78 Å². The first-order chi connectivity index (χ1) is 9.92. The average Bonchev–Trinajstić information content (AvgIpc) is 2.81. The van der Waals surface area contributed by atoms with E-state index in [1.54, 1.807) is 16.7 Å². The van der Waals surface area contributed by atoms with Crippen LogP contribution >= 0.6 is 39.1 Å². The van der Waals surface area contributed by atoms with E-state index in [1.165, 1.54) is 7.11 Å². The lowest BCUT2D eigenvalue weighted by Crippen LogP contribution is -2.08. The minimum Gasteiger partial charge on any atom is -0.464 e. The number of nitrogens with zero attached hydrogens (tertiary/aromatic N) is 2. The van der Waals surface area contributed by atoms with Gasteiger partial charge in [-0.05, 0) is 28.1 Å². The van der Waals surface area contributed by atoms with E-state index in [0.717, 1.165) is 0 Å². The quantitative estimate of drug-likeness (QED) is 0.635. The maximum Gasteiger partial charge on any atom is 0.360 e. The number of nitrogens with two attached hydrogens (primary N) is 1. The number of rotatable bonds is 3. The van der Waals surface area contributed by atoms with E-state index in [4.69, 9.17) is 28.9 Å². The Morgan fingerprint density at radius 1 is 1.43 bits per heavy atom. The van der Waals surface area contributed by atoms with Gasteiger partial charge in [0.05, 0.1) is 22.8 Å². The Bertz CT molecular complexity index is 716. The van der Waals surface area contributed by atoms with Crippen molar-refractivity contribution >= 4 is 50.9 Å². The van der Waals surface area contributed by atoms with Crippen molar-refractivity contribution in [1.82, 2.24) is 9.55 Å². The summed E-state index contributed by atoms with van der Waals surface area (Å²) in [7, 11) is 1.27. The zero-order valence-corrected chi connectivity index (χ0v) is 14.4. The molecule has 0 bridgehead atoms. The smallest absolute Gasteiger partial charge is 0.360 e. The molecule has 0 aliphatic carbocycles. The van der Waals surface area contributed by atoms with Crippen LogP contribution in [0.2, 0.25) is 10.0 Å². The van der Waals surface area contributed by atoms with Crippen molar-refractivity contribution in [1.29, 1.82) is 0 Å². The van der Waals surface area contributed by atoms with E-state index in [2.05, 4.69) is 25.7 Å². The monoisotopic (exact) mass is 391 g/mol. The van der Waals surface area contributed by atoms with E-state index < -0.39 is 5.97 Å². The number of nitrogen functional groups attached to an aromatic ring is 1. The first kappa shape index (κ1) is 16.1. The zero-order chi connectivity index (χ0) is 15.7. The van der Waals surface area contributed by atoms with Gasteiger partial charge in [0.1, 0.15) is 11.6 Å². The van der Waals surface area contributed by atoms with E-state index in [0.29, 0.717) is 32.5 Å². The lowest BCUT2D eigenvalue weighted by atomic mass is 10.3. The lowest BCUT2D eigenvalue weighted by molar-refractivity contribution is 0.0596. The first-order valence-corrected chi connectivity index (χ1v) is 7.56. The molecule has 1 aromatic carbocycles. The number of aromatic nitrogens is 2. The highest BCUT2D eigenvalue weighted by atomic mass is 79.9. The molecule has 2 rings (SSSR count). The minimum absolute atomic E-state index is 0.0597. The Morgan fingerprint density at radius 3 is 2.67 bits per heavy atom. The molecule has 2 aromatic rings. The molecule has 0 spiro atoms. The molecular formula is C13H12BrCl2N3O2.